The lowest BCUT2D eigenvalue weighted by Gasteiger charge is -2.26. The van der Waals surface area contributed by atoms with Gasteiger partial charge in [-0.25, -0.2) is 4.98 Å². The van der Waals surface area contributed by atoms with Gasteiger partial charge in [0.1, 0.15) is 5.82 Å². The van der Waals surface area contributed by atoms with Crippen LogP contribution in [0.15, 0.2) is 60.6 Å². The second kappa shape index (κ2) is 11.3. The molecule has 4 heterocycles. The molecule has 0 spiro atoms. The first-order valence-electron chi connectivity index (χ1n) is 12.2. The molecule has 7 nitrogen and oxygen atoms in total. The fourth-order valence-electron chi connectivity index (χ4n) is 4.41. The number of pyridine rings is 3. The van der Waals surface area contributed by atoms with E-state index in [-0.39, 0.29) is 5.91 Å². The minimum Gasteiger partial charge on any atom is -0.373 e. The predicted molar refractivity (Wildman–Crippen MR) is 147 cm³/mol. The van der Waals surface area contributed by atoms with Crippen LogP contribution in [-0.4, -0.2) is 71.4 Å². The molecule has 0 fully saturated rings. The highest BCUT2D eigenvalue weighted by Gasteiger charge is 2.16. The summed E-state index contributed by atoms with van der Waals surface area (Å²) in [6, 6.07) is 9.96. The average Bonchev–Trinajstić information content (AvgIpc) is 2.90. The van der Waals surface area contributed by atoms with Crippen LogP contribution in [0.4, 0.5) is 5.82 Å². The van der Waals surface area contributed by atoms with Crippen LogP contribution in [0.25, 0.3) is 22.8 Å². The first-order chi connectivity index (χ1) is 17.4. The fourth-order valence-corrected chi connectivity index (χ4v) is 4.41. The Morgan fingerprint density at radius 1 is 1.11 bits per heavy atom. The number of hydrogen-bond donors (Lipinski definition) is 1. The Kier molecular flexibility index (Phi) is 7.90. The van der Waals surface area contributed by atoms with Gasteiger partial charge in [0.05, 0.1) is 11.3 Å². The number of hydrogen-bond acceptors (Lipinski definition) is 6. The highest BCUT2D eigenvalue weighted by Crippen LogP contribution is 2.28. The standard InChI is InChI=1S/C29H34N6O/c1-20(16-26-21(2)31-13-10-25(26)23-7-9-28(30-3)33-17-23)19-35-14-11-22(12-15-35)27-8-6-24(18-32-27)29(36)34(4)5/h6-11,13,16-18H,12,14-15,19H2,1-5H3,(H,30,33)/b20-16+. The number of carbonyl (C=O) groups excluding carboxylic acids is 1. The van der Waals surface area contributed by atoms with Gasteiger partial charge in [0.2, 0.25) is 0 Å². The third-order valence-corrected chi connectivity index (χ3v) is 6.42. The van der Waals surface area contributed by atoms with Crippen molar-refractivity contribution in [3.63, 3.8) is 0 Å². The lowest BCUT2D eigenvalue weighted by molar-refractivity contribution is 0.0827. The molecule has 3 aromatic rings. The Morgan fingerprint density at radius 3 is 2.56 bits per heavy atom. The van der Waals surface area contributed by atoms with Gasteiger partial charge < -0.3 is 10.2 Å². The van der Waals surface area contributed by atoms with Crippen LogP contribution < -0.4 is 5.32 Å². The number of carbonyl (C=O) groups is 1. The molecule has 36 heavy (non-hydrogen) atoms. The normalized spacial score (nSPS) is 14.4. The van der Waals surface area contributed by atoms with Gasteiger partial charge in [-0.3, -0.25) is 19.7 Å². The van der Waals surface area contributed by atoms with Gasteiger partial charge in [0.25, 0.3) is 5.91 Å². The number of rotatable bonds is 7. The molecule has 1 aliphatic rings. The van der Waals surface area contributed by atoms with Crippen LogP contribution in [0, 0.1) is 6.92 Å². The molecule has 0 aromatic carbocycles. The number of amides is 1. The maximum atomic E-state index is 12.1. The zero-order valence-electron chi connectivity index (χ0n) is 21.7. The quantitative estimate of drug-likeness (QED) is 0.522. The predicted octanol–water partition coefficient (Wildman–Crippen LogP) is 4.78. The fraction of sp³-hybridized carbons (Fsp3) is 0.310. The van der Waals surface area contributed by atoms with Crippen molar-refractivity contribution in [2.24, 2.45) is 0 Å². The van der Waals surface area contributed by atoms with Gasteiger partial charge in [0.15, 0.2) is 0 Å². The van der Waals surface area contributed by atoms with Crippen LogP contribution in [0.2, 0.25) is 0 Å². The third kappa shape index (κ3) is 5.86. The smallest absolute Gasteiger partial charge is 0.254 e. The van der Waals surface area contributed by atoms with E-state index in [4.69, 9.17) is 0 Å². The first kappa shape index (κ1) is 25.3. The van der Waals surface area contributed by atoms with E-state index in [9.17, 15) is 4.79 Å². The lowest BCUT2D eigenvalue weighted by Crippen LogP contribution is -2.30. The Labute approximate surface area is 213 Å². The Bertz CT molecular complexity index is 1280. The molecule has 4 rings (SSSR count). The molecule has 3 aromatic heterocycles. The van der Waals surface area contributed by atoms with Crippen molar-refractivity contribution in [3.05, 3.63) is 83.1 Å². The molecule has 7 heteroatoms. The summed E-state index contributed by atoms with van der Waals surface area (Å²) >= 11 is 0. The van der Waals surface area contributed by atoms with Gasteiger partial charge in [-0.15, -0.1) is 0 Å². The summed E-state index contributed by atoms with van der Waals surface area (Å²) in [5, 5.41) is 3.07. The zero-order chi connectivity index (χ0) is 25.7. The summed E-state index contributed by atoms with van der Waals surface area (Å²) in [7, 11) is 5.37. The highest BCUT2D eigenvalue weighted by atomic mass is 16.2. The Hall–Kier alpha value is -3.84. The van der Waals surface area contributed by atoms with E-state index in [1.54, 1.807) is 25.2 Å². The Balaban J connectivity index is 1.45. The first-order valence-corrected chi connectivity index (χ1v) is 12.2. The van der Waals surface area contributed by atoms with Gasteiger partial charge in [-0.2, -0.15) is 0 Å². The summed E-state index contributed by atoms with van der Waals surface area (Å²) in [6.07, 6.45) is 10.9. The SMILES string of the molecule is CNc1ccc(-c2ccnc(C)c2/C=C(\C)CN2CC=C(c3ccc(C(=O)N(C)C)cn3)CC2)cn1. The second-order valence-electron chi connectivity index (χ2n) is 9.38. The minimum absolute atomic E-state index is 0.0293. The van der Waals surface area contributed by atoms with E-state index in [0.717, 1.165) is 60.0 Å². The molecule has 186 valence electrons. The molecule has 1 aliphatic heterocycles. The summed E-state index contributed by atoms with van der Waals surface area (Å²) in [6.45, 7) is 6.95. The van der Waals surface area contributed by atoms with Crippen LogP contribution in [-0.2, 0) is 0 Å². The van der Waals surface area contributed by atoms with Crippen LogP contribution >= 0.6 is 0 Å². The number of nitrogens with zero attached hydrogens (tertiary/aromatic N) is 5. The van der Waals surface area contributed by atoms with Gasteiger partial charge in [0, 0.05) is 76.2 Å². The van der Waals surface area contributed by atoms with Crippen molar-refractivity contribution < 1.29 is 4.79 Å². The molecule has 0 aliphatic carbocycles. The van der Waals surface area contributed by atoms with Crippen molar-refractivity contribution in [2.75, 3.05) is 46.1 Å². The molecule has 0 atom stereocenters. The zero-order valence-corrected chi connectivity index (χ0v) is 21.7. The number of nitrogens with one attached hydrogen (secondary N) is 1. The minimum atomic E-state index is -0.0293. The van der Waals surface area contributed by atoms with Crippen LogP contribution in [0.3, 0.4) is 0 Å². The Morgan fingerprint density at radius 2 is 1.94 bits per heavy atom. The number of aryl methyl sites for hydroxylation is 1. The largest absolute Gasteiger partial charge is 0.373 e. The van der Waals surface area contributed by atoms with Crippen molar-refractivity contribution in [1.29, 1.82) is 0 Å². The van der Waals surface area contributed by atoms with E-state index in [1.165, 1.54) is 11.1 Å². The summed E-state index contributed by atoms with van der Waals surface area (Å²) in [4.78, 5) is 29.7. The maximum absolute atomic E-state index is 12.1. The molecule has 0 radical (unpaired) electrons. The van der Waals surface area contributed by atoms with E-state index in [1.807, 2.05) is 37.6 Å². The van der Waals surface area contributed by atoms with Crippen molar-refractivity contribution >= 4 is 23.4 Å². The van der Waals surface area contributed by atoms with Crippen molar-refractivity contribution in [3.8, 4) is 11.1 Å². The molecular weight excluding hydrogens is 448 g/mol. The summed E-state index contributed by atoms with van der Waals surface area (Å²) < 4.78 is 0. The van der Waals surface area contributed by atoms with Crippen LogP contribution in [0.5, 0.6) is 0 Å². The number of anilines is 1. The topological polar surface area (TPSA) is 74.2 Å². The van der Waals surface area contributed by atoms with Gasteiger partial charge in [-0.1, -0.05) is 17.7 Å². The van der Waals surface area contributed by atoms with E-state index in [2.05, 4.69) is 63.3 Å². The molecule has 0 bridgehead atoms. The molecule has 0 unspecified atom stereocenters. The van der Waals surface area contributed by atoms with Crippen LogP contribution in [0.1, 0.15) is 40.7 Å². The third-order valence-electron chi connectivity index (χ3n) is 6.42. The molecular formula is C29H34N6O. The van der Waals surface area contributed by atoms with E-state index in [0.29, 0.717) is 5.56 Å². The molecule has 1 N–H and O–H groups in total. The van der Waals surface area contributed by atoms with E-state index < -0.39 is 0 Å². The summed E-state index contributed by atoms with van der Waals surface area (Å²) in [5.41, 5.74) is 8.45. The van der Waals surface area contributed by atoms with Gasteiger partial charge in [-0.05, 0) is 61.7 Å². The van der Waals surface area contributed by atoms with Crippen molar-refractivity contribution in [1.82, 2.24) is 24.8 Å². The molecule has 0 saturated carbocycles. The molecule has 0 saturated heterocycles. The van der Waals surface area contributed by atoms with Gasteiger partial charge >= 0.3 is 0 Å². The monoisotopic (exact) mass is 482 g/mol. The summed E-state index contributed by atoms with van der Waals surface area (Å²) in [5.74, 6) is 0.821. The lowest BCUT2D eigenvalue weighted by atomic mass is 9.98. The maximum Gasteiger partial charge on any atom is 0.254 e. The van der Waals surface area contributed by atoms with Crippen molar-refractivity contribution in [2.45, 2.75) is 20.3 Å². The average molecular weight is 483 g/mol. The second-order valence-corrected chi connectivity index (χ2v) is 9.38. The molecule has 1 amide bonds. The highest BCUT2D eigenvalue weighted by molar-refractivity contribution is 5.93. The van der Waals surface area contributed by atoms with E-state index >= 15 is 0 Å². The number of aromatic nitrogens is 3.